The molecule has 0 N–H and O–H groups in total. The standard InChI is InChI=1S/C20H16Cl2N2O4/c1-11(2)24-19(26)14-6-4-3-5-13(14)18(23-24)20(27)28-10-17(25)15-8-7-12(21)9-16(15)22/h3-9,11H,10H2,1-2H3. The molecule has 0 unspecified atom stereocenters. The van der Waals surface area contributed by atoms with Gasteiger partial charge in [0, 0.05) is 16.0 Å². The number of carbonyl (C=O) groups is 2. The number of fused-ring (bicyclic) bond motifs is 1. The van der Waals surface area contributed by atoms with Crippen LogP contribution in [-0.4, -0.2) is 28.1 Å². The van der Waals surface area contributed by atoms with Gasteiger partial charge in [0.25, 0.3) is 5.56 Å². The molecule has 144 valence electrons. The number of ether oxygens (including phenoxy) is 1. The van der Waals surface area contributed by atoms with E-state index < -0.39 is 18.4 Å². The van der Waals surface area contributed by atoms with Crippen LogP contribution in [0.15, 0.2) is 47.3 Å². The molecule has 0 radical (unpaired) electrons. The van der Waals surface area contributed by atoms with Crippen LogP contribution in [0.25, 0.3) is 10.8 Å². The van der Waals surface area contributed by atoms with Gasteiger partial charge in [0.15, 0.2) is 12.3 Å². The molecule has 0 aliphatic carbocycles. The molecule has 6 nitrogen and oxygen atoms in total. The van der Waals surface area contributed by atoms with Gasteiger partial charge >= 0.3 is 5.97 Å². The Morgan fingerprint density at radius 1 is 1.11 bits per heavy atom. The first kappa shape index (κ1) is 20.0. The molecule has 2 aromatic carbocycles. The lowest BCUT2D eigenvalue weighted by Gasteiger charge is -2.13. The van der Waals surface area contributed by atoms with E-state index in [4.69, 9.17) is 27.9 Å². The topological polar surface area (TPSA) is 78.3 Å². The van der Waals surface area contributed by atoms with Crippen LogP contribution in [0, 0.1) is 0 Å². The van der Waals surface area contributed by atoms with Crippen molar-refractivity contribution in [3.63, 3.8) is 0 Å². The Hall–Kier alpha value is -2.70. The first-order valence-electron chi connectivity index (χ1n) is 8.46. The van der Waals surface area contributed by atoms with E-state index >= 15 is 0 Å². The third-order valence-electron chi connectivity index (χ3n) is 4.08. The summed E-state index contributed by atoms with van der Waals surface area (Å²) in [5.74, 6) is -1.28. The molecule has 0 atom stereocenters. The molecule has 0 fully saturated rings. The van der Waals surface area contributed by atoms with Gasteiger partial charge in [-0.2, -0.15) is 5.10 Å². The largest absolute Gasteiger partial charge is 0.452 e. The molecule has 3 aromatic rings. The summed E-state index contributed by atoms with van der Waals surface area (Å²) < 4.78 is 6.37. The van der Waals surface area contributed by atoms with Crippen LogP contribution in [0.3, 0.4) is 0 Å². The number of Topliss-reactive ketones (excluding diaryl/α,β-unsaturated/α-hetero) is 1. The maximum Gasteiger partial charge on any atom is 0.359 e. The Morgan fingerprint density at radius 2 is 1.79 bits per heavy atom. The van der Waals surface area contributed by atoms with Gasteiger partial charge in [0.1, 0.15) is 0 Å². The Kier molecular flexibility index (Phi) is 5.82. The lowest BCUT2D eigenvalue weighted by molar-refractivity contribution is 0.0468. The van der Waals surface area contributed by atoms with Crippen LogP contribution in [-0.2, 0) is 4.74 Å². The first-order valence-corrected chi connectivity index (χ1v) is 9.22. The number of hydrogen-bond donors (Lipinski definition) is 0. The Morgan fingerprint density at radius 3 is 2.43 bits per heavy atom. The predicted octanol–water partition coefficient (Wildman–Crippen LogP) is 4.32. The zero-order valence-corrected chi connectivity index (χ0v) is 16.6. The van der Waals surface area contributed by atoms with E-state index in [1.54, 1.807) is 38.1 Å². The summed E-state index contributed by atoms with van der Waals surface area (Å²) in [5.41, 5.74) is -0.131. The highest BCUT2D eigenvalue weighted by Gasteiger charge is 2.21. The molecular formula is C20H16Cl2N2O4. The van der Waals surface area contributed by atoms with Crippen molar-refractivity contribution in [1.82, 2.24) is 9.78 Å². The van der Waals surface area contributed by atoms with Crippen LogP contribution >= 0.6 is 23.2 Å². The zero-order valence-electron chi connectivity index (χ0n) is 15.1. The number of benzene rings is 2. The van der Waals surface area contributed by atoms with Crippen molar-refractivity contribution >= 4 is 45.7 Å². The fourth-order valence-corrected chi connectivity index (χ4v) is 3.21. The summed E-state index contributed by atoms with van der Waals surface area (Å²) in [4.78, 5) is 37.5. The molecule has 0 saturated carbocycles. The van der Waals surface area contributed by atoms with E-state index in [0.29, 0.717) is 15.8 Å². The van der Waals surface area contributed by atoms with E-state index in [-0.39, 0.29) is 27.9 Å². The highest BCUT2D eigenvalue weighted by atomic mass is 35.5. The fourth-order valence-electron chi connectivity index (χ4n) is 2.70. The number of halogens is 2. The highest BCUT2D eigenvalue weighted by molar-refractivity contribution is 6.36. The van der Waals surface area contributed by atoms with E-state index in [2.05, 4.69) is 5.10 Å². The minimum Gasteiger partial charge on any atom is -0.452 e. The van der Waals surface area contributed by atoms with Crippen molar-refractivity contribution in [2.24, 2.45) is 0 Å². The predicted molar refractivity (Wildman–Crippen MR) is 107 cm³/mol. The van der Waals surface area contributed by atoms with Crippen LogP contribution in [0.5, 0.6) is 0 Å². The van der Waals surface area contributed by atoms with Gasteiger partial charge in [-0.05, 0) is 38.1 Å². The van der Waals surface area contributed by atoms with Crippen LogP contribution in [0.4, 0.5) is 0 Å². The quantitative estimate of drug-likeness (QED) is 0.455. The Balaban J connectivity index is 1.90. The van der Waals surface area contributed by atoms with Gasteiger partial charge in [0.2, 0.25) is 5.78 Å². The van der Waals surface area contributed by atoms with E-state index in [1.165, 1.54) is 22.9 Å². The number of aromatic nitrogens is 2. The molecule has 0 amide bonds. The van der Waals surface area contributed by atoms with Crippen molar-refractivity contribution in [3.05, 3.63) is 74.1 Å². The number of rotatable bonds is 5. The SMILES string of the molecule is CC(C)n1nc(C(=O)OCC(=O)c2ccc(Cl)cc2Cl)c2ccccc2c1=O. The average molecular weight is 419 g/mol. The molecule has 0 saturated heterocycles. The Labute approximate surface area is 170 Å². The number of carbonyl (C=O) groups excluding carboxylic acids is 2. The van der Waals surface area contributed by atoms with Gasteiger partial charge in [-0.25, -0.2) is 9.48 Å². The van der Waals surface area contributed by atoms with Gasteiger partial charge in [-0.1, -0.05) is 41.4 Å². The van der Waals surface area contributed by atoms with Crippen molar-refractivity contribution in [1.29, 1.82) is 0 Å². The van der Waals surface area contributed by atoms with Crippen LogP contribution < -0.4 is 5.56 Å². The number of esters is 1. The second-order valence-electron chi connectivity index (χ2n) is 6.36. The average Bonchev–Trinajstić information content (AvgIpc) is 2.66. The maximum atomic E-state index is 12.6. The minimum absolute atomic E-state index is 0.0288. The molecule has 0 aliphatic heterocycles. The van der Waals surface area contributed by atoms with Gasteiger partial charge < -0.3 is 4.74 Å². The number of hydrogen-bond acceptors (Lipinski definition) is 5. The summed E-state index contributed by atoms with van der Waals surface area (Å²) in [5, 5.41) is 5.44. The smallest absolute Gasteiger partial charge is 0.359 e. The molecule has 0 bridgehead atoms. The summed E-state index contributed by atoms with van der Waals surface area (Å²) in [6.07, 6.45) is 0. The summed E-state index contributed by atoms with van der Waals surface area (Å²) in [6, 6.07) is 10.8. The molecule has 1 heterocycles. The molecule has 8 heteroatoms. The second kappa shape index (κ2) is 8.12. The van der Waals surface area contributed by atoms with Crippen molar-refractivity contribution in [2.45, 2.75) is 19.9 Å². The Bertz CT molecular complexity index is 1140. The van der Waals surface area contributed by atoms with Crippen LogP contribution in [0.1, 0.15) is 40.7 Å². The monoisotopic (exact) mass is 418 g/mol. The molecule has 0 spiro atoms. The third-order valence-corrected chi connectivity index (χ3v) is 4.62. The van der Waals surface area contributed by atoms with Crippen LogP contribution in [0.2, 0.25) is 10.0 Å². The fraction of sp³-hybridized carbons (Fsp3) is 0.200. The molecular weight excluding hydrogens is 403 g/mol. The van der Waals surface area contributed by atoms with Crippen molar-refractivity contribution in [2.75, 3.05) is 6.61 Å². The van der Waals surface area contributed by atoms with Gasteiger partial charge in [-0.3, -0.25) is 9.59 Å². The number of ketones is 1. The highest BCUT2D eigenvalue weighted by Crippen LogP contribution is 2.22. The summed E-state index contributed by atoms with van der Waals surface area (Å²) in [6.45, 7) is 3.05. The normalized spacial score (nSPS) is 11.0. The van der Waals surface area contributed by atoms with E-state index in [9.17, 15) is 14.4 Å². The van der Waals surface area contributed by atoms with Crippen molar-refractivity contribution in [3.8, 4) is 0 Å². The third kappa shape index (κ3) is 3.93. The van der Waals surface area contributed by atoms with Crippen molar-refractivity contribution < 1.29 is 14.3 Å². The van der Waals surface area contributed by atoms with Gasteiger partial charge in [-0.15, -0.1) is 0 Å². The van der Waals surface area contributed by atoms with Gasteiger partial charge in [0.05, 0.1) is 16.5 Å². The first-order chi connectivity index (χ1) is 13.3. The summed E-state index contributed by atoms with van der Waals surface area (Å²) in [7, 11) is 0. The van der Waals surface area contributed by atoms with E-state index in [1.807, 2.05) is 0 Å². The molecule has 1 aromatic heterocycles. The molecule has 0 aliphatic rings. The zero-order chi connectivity index (χ0) is 20.4. The lowest BCUT2D eigenvalue weighted by atomic mass is 10.1. The lowest BCUT2D eigenvalue weighted by Crippen LogP contribution is -2.28. The van der Waals surface area contributed by atoms with E-state index in [0.717, 1.165) is 0 Å². The molecule has 28 heavy (non-hydrogen) atoms. The number of nitrogens with zero attached hydrogens (tertiary/aromatic N) is 2. The molecule has 3 rings (SSSR count). The summed E-state index contributed by atoms with van der Waals surface area (Å²) >= 11 is 11.8. The maximum absolute atomic E-state index is 12.6. The second-order valence-corrected chi connectivity index (χ2v) is 7.20. The minimum atomic E-state index is -0.802.